The zero-order chi connectivity index (χ0) is 9.40. The molecule has 3 N–H and O–H groups in total. The zero-order valence-electron chi connectivity index (χ0n) is 8.12. The quantitative estimate of drug-likeness (QED) is 0.416. The molecule has 0 heterocycles. The summed E-state index contributed by atoms with van der Waals surface area (Å²) in [5.74, 6) is -0.992. The summed E-state index contributed by atoms with van der Waals surface area (Å²) in [6.45, 7) is 2.40. The number of carboxylic acid groups (broad SMARTS) is 1. The van der Waals surface area contributed by atoms with Crippen LogP contribution in [0.5, 0.6) is 0 Å². The van der Waals surface area contributed by atoms with Crippen molar-refractivity contribution in [1.82, 2.24) is 5.32 Å². The fourth-order valence-corrected chi connectivity index (χ4v) is 0.881. The van der Waals surface area contributed by atoms with Gasteiger partial charge < -0.3 is 15.5 Å². The molecule has 0 radical (unpaired) electrons. The Bertz CT molecular complexity index is 133. The normalized spacial score (nSPS) is 11.8. The molecule has 0 aliphatic rings. The summed E-state index contributed by atoms with van der Waals surface area (Å²) in [7, 11) is 0. The van der Waals surface area contributed by atoms with E-state index in [1.165, 1.54) is 0 Å². The van der Waals surface area contributed by atoms with Crippen LogP contribution in [0.25, 0.3) is 0 Å². The first-order valence-corrected chi connectivity index (χ1v) is 4.29. The van der Waals surface area contributed by atoms with E-state index in [2.05, 4.69) is 12.2 Å². The molecule has 13 heavy (non-hydrogen) atoms. The van der Waals surface area contributed by atoms with E-state index < -0.39 is 12.0 Å². The molecule has 0 aromatic carbocycles. The molecule has 0 aromatic heterocycles. The lowest BCUT2D eigenvalue weighted by atomic mass is 10.2. The van der Waals surface area contributed by atoms with Gasteiger partial charge in [0.05, 0.1) is 6.61 Å². The minimum absolute atomic E-state index is 0. The topological polar surface area (TPSA) is 69.6 Å². The second-order valence-corrected chi connectivity index (χ2v) is 2.73. The molecule has 0 aliphatic heterocycles. The first-order chi connectivity index (χ1) is 5.72. The van der Waals surface area contributed by atoms with Crippen LogP contribution in [0.2, 0.25) is 0 Å². The van der Waals surface area contributed by atoms with E-state index in [1.807, 2.05) is 0 Å². The number of aliphatic carboxylic acids is 1. The summed E-state index contributed by atoms with van der Waals surface area (Å²) in [5, 5.41) is 19.9. The maximum atomic E-state index is 10.4. The standard InChI is InChI=1S/C8H17NO3.H3P/c1-2-3-4-5-9-7(6-10)8(11)12;/h7,9-10H,2-6H2,1H3,(H,11,12);1H3. The Morgan fingerprint density at radius 1 is 1.46 bits per heavy atom. The number of aliphatic hydroxyl groups excluding tert-OH is 1. The second kappa shape index (κ2) is 9.90. The van der Waals surface area contributed by atoms with Crippen molar-refractivity contribution in [1.29, 1.82) is 0 Å². The van der Waals surface area contributed by atoms with Crippen molar-refractivity contribution in [3.63, 3.8) is 0 Å². The van der Waals surface area contributed by atoms with Crippen LogP contribution >= 0.6 is 9.90 Å². The first kappa shape index (κ1) is 15.3. The lowest BCUT2D eigenvalue weighted by Gasteiger charge is -2.10. The van der Waals surface area contributed by atoms with Crippen LogP contribution in [0.4, 0.5) is 0 Å². The number of unbranched alkanes of at least 4 members (excludes halogenated alkanes) is 2. The SMILES string of the molecule is CCCCCNC(CO)C(=O)O.P. The molecule has 0 fully saturated rings. The minimum atomic E-state index is -0.992. The molecule has 80 valence electrons. The smallest absolute Gasteiger partial charge is 0.323 e. The molecule has 4 nitrogen and oxygen atoms in total. The predicted molar refractivity (Wildman–Crippen MR) is 57.1 cm³/mol. The molecule has 0 saturated carbocycles. The van der Waals surface area contributed by atoms with Crippen molar-refractivity contribution in [2.75, 3.05) is 13.2 Å². The highest BCUT2D eigenvalue weighted by Gasteiger charge is 2.13. The van der Waals surface area contributed by atoms with E-state index >= 15 is 0 Å². The highest BCUT2D eigenvalue weighted by Crippen LogP contribution is 1.92. The molecule has 2 unspecified atom stereocenters. The molecule has 0 aliphatic carbocycles. The first-order valence-electron chi connectivity index (χ1n) is 4.29. The summed E-state index contributed by atoms with van der Waals surface area (Å²) in [6.07, 6.45) is 3.16. The zero-order valence-corrected chi connectivity index (χ0v) is 9.54. The van der Waals surface area contributed by atoms with Crippen LogP contribution in [-0.2, 0) is 4.79 Å². The third-order valence-corrected chi connectivity index (χ3v) is 1.65. The molecule has 0 saturated heterocycles. The lowest BCUT2D eigenvalue weighted by Crippen LogP contribution is -2.40. The average molecular weight is 209 g/mol. The van der Waals surface area contributed by atoms with Crippen LogP contribution in [0.3, 0.4) is 0 Å². The summed E-state index contributed by atoms with van der Waals surface area (Å²) >= 11 is 0. The Kier molecular flexibility index (Phi) is 11.7. The number of carboxylic acids is 1. The molecule has 5 heteroatoms. The van der Waals surface area contributed by atoms with E-state index in [1.54, 1.807) is 0 Å². The molecule has 0 amide bonds. The van der Waals surface area contributed by atoms with Gasteiger partial charge in [-0.3, -0.25) is 4.79 Å². The van der Waals surface area contributed by atoms with E-state index in [4.69, 9.17) is 10.2 Å². The van der Waals surface area contributed by atoms with Gasteiger partial charge >= 0.3 is 5.97 Å². The summed E-state index contributed by atoms with van der Waals surface area (Å²) < 4.78 is 0. The fourth-order valence-electron chi connectivity index (χ4n) is 0.881. The van der Waals surface area contributed by atoms with E-state index in [0.29, 0.717) is 6.54 Å². The Morgan fingerprint density at radius 2 is 2.08 bits per heavy atom. The predicted octanol–water partition coefficient (Wildman–Crippen LogP) is 0.270. The van der Waals surface area contributed by atoms with Crippen LogP contribution in [0.1, 0.15) is 26.2 Å². The minimum Gasteiger partial charge on any atom is -0.480 e. The highest BCUT2D eigenvalue weighted by atomic mass is 31.0. The Balaban J connectivity index is 0. The maximum absolute atomic E-state index is 10.4. The number of carbonyl (C=O) groups is 1. The number of aliphatic hydroxyl groups is 1. The molecular weight excluding hydrogens is 189 g/mol. The third-order valence-electron chi connectivity index (χ3n) is 1.65. The van der Waals surface area contributed by atoms with Crippen molar-refractivity contribution in [3.05, 3.63) is 0 Å². The number of hydrogen-bond acceptors (Lipinski definition) is 3. The van der Waals surface area contributed by atoms with Crippen molar-refractivity contribution in [2.24, 2.45) is 0 Å². The lowest BCUT2D eigenvalue weighted by molar-refractivity contribution is -0.140. The van der Waals surface area contributed by atoms with Crippen LogP contribution in [-0.4, -0.2) is 35.4 Å². The van der Waals surface area contributed by atoms with Gasteiger partial charge in [-0.15, -0.1) is 0 Å². The van der Waals surface area contributed by atoms with Gasteiger partial charge in [0, 0.05) is 0 Å². The van der Waals surface area contributed by atoms with Gasteiger partial charge in [-0.2, -0.15) is 9.90 Å². The van der Waals surface area contributed by atoms with Gasteiger partial charge in [-0.25, -0.2) is 0 Å². The highest BCUT2D eigenvalue weighted by molar-refractivity contribution is 6.92. The van der Waals surface area contributed by atoms with Gasteiger partial charge in [0.1, 0.15) is 6.04 Å². The number of nitrogens with one attached hydrogen (secondary N) is 1. The number of hydrogen-bond donors (Lipinski definition) is 3. The average Bonchev–Trinajstić information content (AvgIpc) is 2.04. The Morgan fingerprint density at radius 3 is 2.46 bits per heavy atom. The second-order valence-electron chi connectivity index (χ2n) is 2.73. The molecule has 0 spiro atoms. The van der Waals surface area contributed by atoms with Crippen LogP contribution in [0.15, 0.2) is 0 Å². The van der Waals surface area contributed by atoms with Crippen molar-refractivity contribution < 1.29 is 15.0 Å². The van der Waals surface area contributed by atoms with Gasteiger partial charge in [-0.1, -0.05) is 19.8 Å². The van der Waals surface area contributed by atoms with Crippen molar-refractivity contribution in [2.45, 2.75) is 32.2 Å². The third kappa shape index (κ3) is 8.16. The molecule has 0 bridgehead atoms. The van der Waals surface area contributed by atoms with Gasteiger partial charge in [0.15, 0.2) is 0 Å². The largest absolute Gasteiger partial charge is 0.480 e. The molecular formula is C8H20NO3P. The van der Waals surface area contributed by atoms with E-state index in [9.17, 15) is 4.79 Å². The maximum Gasteiger partial charge on any atom is 0.323 e. The Labute approximate surface area is 82.3 Å². The summed E-state index contributed by atoms with van der Waals surface area (Å²) in [6, 6.07) is -0.804. The van der Waals surface area contributed by atoms with Crippen molar-refractivity contribution in [3.8, 4) is 0 Å². The van der Waals surface area contributed by atoms with Crippen molar-refractivity contribution >= 4 is 15.9 Å². The van der Waals surface area contributed by atoms with Crippen LogP contribution < -0.4 is 5.32 Å². The molecule has 2 atom stereocenters. The molecule has 0 aromatic rings. The van der Waals surface area contributed by atoms with Gasteiger partial charge in [0.25, 0.3) is 0 Å². The fraction of sp³-hybridized carbons (Fsp3) is 0.875. The van der Waals surface area contributed by atoms with Gasteiger partial charge in [0.2, 0.25) is 0 Å². The van der Waals surface area contributed by atoms with E-state index in [0.717, 1.165) is 19.3 Å². The monoisotopic (exact) mass is 209 g/mol. The molecule has 0 rings (SSSR count). The van der Waals surface area contributed by atoms with E-state index in [-0.39, 0.29) is 16.5 Å². The van der Waals surface area contributed by atoms with Crippen LogP contribution in [0, 0.1) is 0 Å². The number of rotatable bonds is 7. The van der Waals surface area contributed by atoms with Gasteiger partial charge in [-0.05, 0) is 13.0 Å². The summed E-state index contributed by atoms with van der Waals surface area (Å²) in [5.41, 5.74) is 0. The Hall–Kier alpha value is -0.180. The summed E-state index contributed by atoms with van der Waals surface area (Å²) in [4.78, 5) is 10.4.